The zero-order valence-electron chi connectivity index (χ0n) is 16.8. The number of likely N-dealkylation sites (N-methyl/N-ethyl adjacent to an activating group) is 1. The highest BCUT2D eigenvalue weighted by molar-refractivity contribution is 7.09. The number of morpholine rings is 1. The molecule has 3 heterocycles. The number of halogens is 1. The van der Waals surface area contributed by atoms with Crippen LogP contribution in [-0.4, -0.2) is 60.6 Å². The van der Waals surface area contributed by atoms with Gasteiger partial charge in [0, 0.05) is 43.2 Å². The number of ether oxygens (including phenoxy) is 1. The Morgan fingerprint density at radius 2 is 2.07 bits per heavy atom. The van der Waals surface area contributed by atoms with Crippen molar-refractivity contribution in [3.63, 3.8) is 0 Å². The number of nitrogens with one attached hydrogen (secondary N) is 1. The number of hydrogen-bond donors (Lipinski definition) is 1. The maximum Gasteiger partial charge on any atom is 0.250 e. The van der Waals surface area contributed by atoms with Gasteiger partial charge in [-0.05, 0) is 37.4 Å². The minimum Gasteiger partial charge on any atom is -0.359 e. The molecule has 1 aromatic heterocycles. The number of nitrogens with zero attached hydrogens (tertiary/aromatic N) is 2. The molecule has 0 aliphatic carbocycles. The monoisotopic (exact) mass is 417 g/mol. The second-order valence-corrected chi connectivity index (χ2v) is 9.18. The number of likely N-dealkylation sites (tertiary alicyclic amines) is 1. The average Bonchev–Trinajstić information content (AvgIpc) is 3.23. The van der Waals surface area contributed by atoms with Gasteiger partial charge in [0.25, 0.3) is 5.91 Å². The first-order valence-corrected chi connectivity index (χ1v) is 11.0. The minimum atomic E-state index is -0.452. The van der Waals surface area contributed by atoms with Gasteiger partial charge in [0.2, 0.25) is 0 Å². The molecule has 1 spiro atoms. The van der Waals surface area contributed by atoms with Gasteiger partial charge in [-0.15, -0.1) is 11.3 Å². The van der Waals surface area contributed by atoms with Crippen molar-refractivity contribution in [3.8, 4) is 0 Å². The quantitative estimate of drug-likeness (QED) is 0.813. The summed E-state index contributed by atoms with van der Waals surface area (Å²) in [5.41, 5.74) is 0.430. The van der Waals surface area contributed by atoms with Crippen LogP contribution in [0.2, 0.25) is 0 Å². The Morgan fingerprint density at radius 1 is 1.28 bits per heavy atom. The molecule has 2 aromatic rings. The minimum absolute atomic E-state index is 0.0434. The number of piperidine rings is 1. The van der Waals surface area contributed by atoms with E-state index in [4.69, 9.17) is 4.74 Å². The van der Waals surface area contributed by atoms with Gasteiger partial charge in [-0.3, -0.25) is 9.69 Å². The van der Waals surface area contributed by atoms with Crippen molar-refractivity contribution >= 4 is 17.2 Å². The average molecular weight is 418 g/mol. The van der Waals surface area contributed by atoms with Crippen LogP contribution in [0.3, 0.4) is 0 Å². The largest absolute Gasteiger partial charge is 0.359 e. The Bertz CT molecular complexity index is 821. The molecule has 2 aliphatic heterocycles. The SMILES string of the molecule is CN1C[C@H](C(=O)NCc2cccs2)OC2(CCN(Cc3ccccc3F)CC2)C1. The third kappa shape index (κ3) is 5.04. The van der Waals surface area contributed by atoms with Crippen LogP contribution in [0.1, 0.15) is 23.3 Å². The first-order valence-electron chi connectivity index (χ1n) is 10.2. The number of benzene rings is 1. The normalized spacial score (nSPS) is 22.6. The standard InChI is InChI=1S/C22H28FN3O2S/c1-25-15-20(21(27)24-13-18-6-4-12-29-18)28-22(16-25)8-10-26(11-9-22)14-17-5-2-3-7-19(17)23/h2-7,12,20H,8-11,13-16H2,1H3,(H,24,27)/t20-/m1/s1. The maximum absolute atomic E-state index is 14.0. The smallest absolute Gasteiger partial charge is 0.250 e. The second-order valence-electron chi connectivity index (χ2n) is 8.15. The summed E-state index contributed by atoms with van der Waals surface area (Å²) in [5, 5.41) is 5.02. The topological polar surface area (TPSA) is 44.8 Å². The van der Waals surface area contributed by atoms with Gasteiger partial charge in [-0.25, -0.2) is 4.39 Å². The lowest BCUT2D eigenvalue weighted by atomic mass is 9.88. The Balaban J connectivity index is 1.33. The summed E-state index contributed by atoms with van der Waals surface area (Å²) in [6.07, 6.45) is 1.24. The second kappa shape index (κ2) is 8.92. The molecule has 29 heavy (non-hydrogen) atoms. The lowest BCUT2D eigenvalue weighted by Crippen LogP contribution is -2.61. The van der Waals surface area contributed by atoms with E-state index in [-0.39, 0.29) is 17.3 Å². The van der Waals surface area contributed by atoms with Crippen LogP contribution in [0, 0.1) is 5.82 Å². The zero-order valence-corrected chi connectivity index (χ0v) is 17.6. The first-order chi connectivity index (χ1) is 14.0. The van der Waals surface area contributed by atoms with Crippen LogP contribution >= 0.6 is 11.3 Å². The summed E-state index contributed by atoms with van der Waals surface area (Å²) in [4.78, 5) is 18.3. The lowest BCUT2D eigenvalue weighted by molar-refractivity contribution is -0.182. The van der Waals surface area contributed by atoms with Gasteiger partial charge in [0.15, 0.2) is 0 Å². The summed E-state index contributed by atoms with van der Waals surface area (Å²) in [5.74, 6) is -0.193. The molecular weight excluding hydrogens is 389 g/mol. The molecule has 4 rings (SSSR count). The van der Waals surface area contributed by atoms with Gasteiger partial charge in [-0.1, -0.05) is 24.3 Å². The van der Waals surface area contributed by atoms with E-state index < -0.39 is 6.10 Å². The molecule has 2 fully saturated rings. The Morgan fingerprint density at radius 3 is 2.79 bits per heavy atom. The molecule has 0 bridgehead atoms. The van der Waals surface area contributed by atoms with Crippen molar-refractivity contribution in [2.45, 2.75) is 37.6 Å². The molecule has 0 saturated carbocycles. The van der Waals surface area contributed by atoms with Gasteiger partial charge in [-0.2, -0.15) is 0 Å². The summed E-state index contributed by atoms with van der Waals surface area (Å²) >= 11 is 1.64. The van der Waals surface area contributed by atoms with E-state index in [1.54, 1.807) is 17.4 Å². The van der Waals surface area contributed by atoms with Crippen molar-refractivity contribution in [1.29, 1.82) is 0 Å². The van der Waals surface area contributed by atoms with E-state index in [2.05, 4.69) is 22.2 Å². The third-order valence-electron chi connectivity index (χ3n) is 5.86. The molecule has 0 radical (unpaired) electrons. The van der Waals surface area contributed by atoms with Gasteiger partial charge in [0.1, 0.15) is 11.9 Å². The van der Waals surface area contributed by atoms with Gasteiger partial charge >= 0.3 is 0 Å². The van der Waals surface area contributed by atoms with Crippen molar-refractivity contribution < 1.29 is 13.9 Å². The molecule has 1 N–H and O–H groups in total. The molecule has 2 aliphatic rings. The van der Waals surface area contributed by atoms with Gasteiger partial charge in [0.05, 0.1) is 12.1 Å². The summed E-state index contributed by atoms with van der Waals surface area (Å²) in [6, 6.07) is 11.0. The number of amides is 1. The predicted molar refractivity (Wildman–Crippen MR) is 112 cm³/mol. The van der Waals surface area contributed by atoms with E-state index in [1.165, 1.54) is 6.07 Å². The molecule has 0 unspecified atom stereocenters. The van der Waals surface area contributed by atoms with E-state index >= 15 is 0 Å². The van der Waals surface area contributed by atoms with E-state index in [9.17, 15) is 9.18 Å². The molecular formula is C22H28FN3O2S. The number of carbonyl (C=O) groups is 1. The Hall–Kier alpha value is -1.80. The van der Waals surface area contributed by atoms with Crippen LogP contribution in [0.5, 0.6) is 0 Å². The molecule has 1 amide bonds. The Kier molecular flexibility index (Phi) is 6.29. The van der Waals surface area contributed by atoms with Crippen molar-refractivity contribution in [3.05, 3.63) is 58.0 Å². The predicted octanol–water partition coefficient (Wildman–Crippen LogP) is 2.87. The first kappa shape index (κ1) is 20.5. The van der Waals surface area contributed by atoms with Crippen LogP contribution in [-0.2, 0) is 22.6 Å². The fraction of sp³-hybridized carbons (Fsp3) is 0.500. The Labute approximate surface area is 175 Å². The molecule has 2 saturated heterocycles. The van der Waals surface area contributed by atoms with Crippen LogP contribution in [0.4, 0.5) is 4.39 Å². The number of thiophene rings is 1. The number of hydrogen-bond acceptors (Lipinski definition) is 5. The fourth-order valence-corrected chi connectivity index (χ4v) is 4.96. The van der Waals surface area contributed by atoms with E-state index in [0.29, 0.717) is 19.6 Å². The highest BCUT2D eigenvalue weighted by Gasteiger charge is 2.44. The zero-order chi connectivity index (χ0) is 20.3. The van der Waals surface area contributed by atoms with Crippen LogP contribution in [0.25, 0.3) is 0 Å². The van der Waals surface area contributed by atoms with Crippen molar-refractivity contribution in [2.75, 3.05) is 33.2 Å². The molecule has 1 aromatic carbocycles. The molecule has 156 valence electrons. The van der Waals surface area contributed by atoms with Crippen LogP contribution in [0.15, 0.2) is 41.8 Å². The fourth-order valence-electron chi connectivity index (χ4n) is 4.32. The van der Waals surface area contributed by atoms with Crippen molar-refractivity contribution in [2.24, 2.45) is 0 Å². The summed E-state index contributed by atoms with van der Waals surface area (Å²) < 4.78 is 20.3. The van der Waals surface area contributed by atoms with Gasteiger partial charge < -0.3 is 15.0 Å². The third-order valence-corrected chi connectivity index (χ3v) is 6.73. The highest BCUT2D eigenvalue weighted by Crippen LogP contribution is 2.32. The summed E-state index contributed by atoms with van der Waals surface area (Å²) in [7, 11) is 2.05. The highest BCUT2D eigenvalue weighted by atomic mass is 32.1. The molecule has 1 atom stereocenters. The number of carbonyl (C=O) groups excluding carboxylic acids is 1. The number of rotatable bonds is 5. The van der Waals surface area contributed by atoms with E-state index in [0.717, 1.165) is 42.9 Å². The van der Waals surface area contributed by atoms with Crippen LogP contribution < -0.4 is 5.32 Å². The lowest BCUT2D eigenvalue weighted by Gasteiger charge is -2.48. The van der Waals surface area contributed by atoms with Crippen molar-refractivity contribution in [1.82, 2.24) is 15.1 Å². The summed E-state index contributed by atoms with van der Waals surface area (Å²) in [6.45, 7) is 4.27. The van der Waals surface area contributed by atoms with E-state index in [1.807, 2.05) is 29.6 Å². The molecule has 5 nitrogen and oxygen atoms in total. The maximum atomic E-state index is 14.0. The molecule has 7 heteroatoms.